The van der Waals surface area contributed by atoms with E-state index < -0.39 is 0 Å². The normalized spacial score (nSPS) is 9.83. The van der Waals surface area contributed by atoms with E-state index in [9.17, 15) is 9.59 Å². The molecule has 0 bridgehead atoms. The van der Waals surface area contributed by atoms with Gasteiger partial charge in [0.25, 0.3) is 0 Å². The topological polar surface area (TPSA) is 49.9 Å². The first kappa shape index (κ1) is 9.00. The van der Waals surface area contributed by atoms with Gasteiger partial charge in [0.1, 0.15) is 0 Å². The molecule has 0 radical (unpaired) electrons. The van der Waals surface area contributed by atoms with Crippen molar-refractivity contribution in [3.05, 3.63) is 33.7 Å². The Morgan fingerprint density at radius 1 is 1.58 bits per heavy atom. The zero-order valence-electron chi connectivity index (χ0n) is 6.56. The monoisotopic (exact) mass is 185 g/mol. The lowest BCUT2D eigenvalue weighted by Gasteiger charge is -1.98. The summed E-state index contributed by atoms with van der Waals surface area (Å²) in [5.41, 5.74) is 0.669. The molecule has 0 amide bonds. The van der Waals surface area contributed by atoms with E-state index in [-0.39, 0.29) is 17.1 Å². The first-order valence-electron chi connectivity index (χ1n) is 3.43. The molecule has 1 aromatic rings. The Morgan fingerprint density at radius 3 is 2.75 bits per heavy atom. The molecule has 0 unspecified atom stereocenters. The average molecular weight is 186 g/mol. The number of pyridine rings is 1. The van der Waals surface area contributed by atoms with Gasteiger partial charge in [-0.15, -0.1) is 11.6 Å². The van der Waals surface area contributed by atoms with Crippen LogP contribution in [-0.4, -0.2) is 10.8 Å². The van der Waals surface area contributed by atoms with E-state index >= 15 is 0 Å². The number of aromatic amines is 1. The van der Waals surface area contributed by atoms with Gasteiger partial charge in [0.2, 0.25) is 0 Å². The molecule has 0 aliphatic heterocycles. The molecule has 0 saturated heterocycles. The standard InChI is InChI=1S/C8H8ClNO2/c1-5(11)8-3-7(12)2-6(4-9)10-8/h2-3H,4H2,1H3,(H,10,12). The molecule has 1 aromatic heterocycles. The number of rotatable bonds is 2. The lowest BCUT2D eigenvalue weighted by Crippen LogP contribution is -2.08. The Kier molecular flexibility index (Phi) is 2.65. The number of aromatic nitrogens is 1. The van der Waals surface area contributed by atoms with Crippen LogP contribution in [0.4, 0.5) is 0 Å². The maximum Gasteiger partial charge on any atom is 0.182 e. The van der Waals surface area contributed by atoms with Gasteiger partial charge in [0.15, 0.2) is 11.2 Å². The van der Waals surface area contributed by atoms with Crippen molar-refractivity contribution in [2.75, 3.05) is 0 Å². The van der Waals surface area contributed by atoms with Crippen molar-refractivity contribution in [1.82, 2.24) is 4.98 Å². The van der Waals surface area contributed by atoms with Gasteiger partial charge in [-0.05, 0) is 0 Å². The summed E-state index contributed by atoms with van der Waals surface area (Å²) in [6.07, 6.45) is 0. The van der Waals surface area contributed by atoms with Gasteiger partial charge < -0.3 is 4.98 Å². The third kappa shape index (κ3) is 1.95. The molecular formula is C8H8ClNO2. The fourth-order valence-corrected chi connectivity index (χ4v) is 1.01. The number of hydrogen-bond donors (Lipinski definition) is 1. The highest BCUT2D eigenvalue weighted by molar-refractivity contribution is 6.16. The van der Waals surface area contributed by atoms with E-state index in [1.165, 1.54) is 19.1 Å². The third-order valence-electron chi connectivity index (χ3n) is 1.42. The van der Waals surface area contributed by atoms with Gasteiger partial charge in [0, 0.05) is 24.8 Å². The first-order chi connectivity index (χ1) is 5.63. The van der Waals surface area contributed by atoms with Gasteiger partial charge in [-0.3, -0.25) is 9.59 Å². The van der Waals surface area contributed by atoms with Crippen LogP contribution < -0.4 is 5.43 Å². The SMILES string of the molecule is CC(=O)c1cc(=O)cc(CCl)[nH]1. The maximum absolute atomic E-state index is 10.9. The van der Waals surface area contributed by atoms with Crippen LogP contribution in [0.1, 0.15) is 23.1 Å². The Balaban J connectivity index is 3.24. The minimum absolute atomic E-state index is 0.168. The van der Waals surface area contributed by atoms with Crippen LogP contribution in [-0.2, 0) is 5.88 Å². The lowest BCUT2D eigenvalue weighted by atomic mass is 10.2. The molecule has 3 nitrogen and oxygen atoms in total. The number of halogens is 1. The van der Waals surface area contributed by atoms with Crippen molar-refractivity contribution in [2.45, 2.75) is 12.8 Å². The molecule has 0 saturated carbocycles. The minimum atomic E-state index is -0.199. The Hall–Kier alpha value is -1.09. The van der Waals surface area contributed by atoms with Crippen LogP contribution in [0.3, 0.4) is 0 Å². The van der Waals surface area contributed by atoms with Crippen molar-refractivity contribution in [3.63, 3.8) is 0 Å². The summed E-state index contributed by atoms with van der Waals surface area (Å²) in [5, 5.41) is 0. The smallest absolute Gasteiger partial charge is 0.182 e. The molecule has 0 aliphatic carbocycles. The Morgan fingerprint density at radius 2 is 2.25 bits per heavy atom. The second-order valence-corrected chi connectivity index (χ2v) is 2.71. The highest BCUT2D eigenvalue weighted by Crippen LogP contribution is 1.99. The summed E-state index contributed by atoms with van der Waals surface area (Å²) in [6, 6.07) is 2.64. The third-order valence-corrected chi connectivity index (χ3v) is 1.71. The number of H-pyrrole nitrogens is 1. The van der Waals surface area contributed by atoms with Gasteiger partial charge >= 0.3 is 0 Å². The van der Waals surface area contributed by atoms with E-state index in [1.807, 2.05) is 0 Å². The summed E-state index contributed by atoms with van der Waals surface area (Å²) in [5.74, 6) is 0.0372. The minimum Gasteiger partial charge on any atom is -0.355 e. The van der Waals surface area contributed by atoms with E-state index in [4.69, 9.17) is 11.6 Å². The number of hydrogen-bond acceptors (Lipinski definition) is 2. The highest BCUT2D eigenvalue weighted by Gasteiger charge is 2.01. The van der Waals surface area contributed by atoms with Crippen molar-refractivity contribution in [3.8, 4) is 0 Å². The molecule has 1 rings (SSSR count). The largest absolute Gasteiger partial charge is 0.355 e. The summed E-state index contributed by atoms with van der Waals surface area (Å²) >= 11 is 5.49. The number of carbonyl (C=O) groups is 1. The molecule has 0 aromatic carbocycles. The van der Waals surface area contributed by atoms with Crippen LogP contribution in [0, 0.1) is 0 Å². The number of carbonyl (C=O) groups excluding carboxylic acids is 1. The van der Waals surface area contributed by atoms with Crippen molar-refractivity contribution < 1.29 is 4.79 Å². The second-order valence-electron chi connectivity index (χ2n) is 2.44. The van der Waals surface area contributed by atoms with Gasteiger partial charge in [-0.2, -0.15) is 0 Å². The van der Waals surface area contributed by atoms with Gasteiger partial charge in [-0.1, -0.05) is 0 Å². The number of alkyl halides is 1. The van der Waals surface area contributed by atoms with Crippen LogP contribution in [0.25, 0.3) is 0 Å². The summed E-state index contributed by atoms with van der Waals surface area (Å²) < 4.78 is 0. The van der Waals surface area contributed by atoms with Crippen molar-refractivity contribution >= 4 is 17.4 Å². The fraction of sp³-hybridized carbons (Fsp3) is 0.250. The van der Waals surface area contributed by atoms with Crippen molar-refractivity contribution in [1.29, 1.82) is 0 Å². The van der Waals surface area contributed by atoms with Crippen LogP contribution in [0.5, 0.6) is 0 Å². The van der Waals surface area contributed by atoms with Crippen LogP contribution in [0.15, 0.2) is 16.9 Å². The zero-order chi connectivity index (χ0) is 9.14. The highest BCUT2D eigenvalue weighted by atomic mass is 35.5. The van der Waals surface area contributed by atoms with Crippen LogP contribution in [0.2, 0.25) is 0 Å². The average Bonchev–Trinajstić information content (AvgIpc) is 2.03. The Bertz CT molecular complexity index is 356. The molecule has 1 N–H and O–H groups in total. The first-order valence-corrected chi connectivity index (χ1v) is 3.97. The van der Waals surface area contributed by atoms with E-state index in [0.717, 1.165) is 0 Å². The number of nitrogens with one attached hydrogen (secondary N) is 1. The molecule has 64 valence electrons. The van der Waals surface area contributed by atoms with Gasteiger partial charge in [-0.25, -0.2) is 0 Å². The number of ketones is 1. The molecular weight excluding hydrogens is 178 g/mol. The quantitative estimate of drug-likeness (QED) is 0.558. The second kappa shape index (κ2) is 3.54. The summed E-state index contributed by atoms with van der Waals surface area (Å²) in [6.45, 7) is 1.39. The molecule has 0 atom stereocenters. The molecule has 1 heterocycles. The molecule has 4 heteroatoms. The predicted molar refractivity (Wildman–Crippen MR) is 46.6 cm³/mol. The zero-order valence-corrected chi connectivity index (χ0v) is 7.31. The predicted octanol–water partition coefficient (Wildman–Crippen LogP) is 1.32. The van der Waals surface area contributed by atoms with E-state index in [0.29, 0.717) is 11.4 Å². The lowest BCUT2D eigenvalue weighted by molar-refractivity contribution is 0.101. The summed E-state index contributed by atoms with van der Waals surface area (Å²) in [7, 11) is 0. The maximum atomic E-state index is 10.9. The molecule has 0 aliphatic rings. The van der Waals surface area contributed by atoms with Gasteiger partial charge in [0.05, 0.1) is 11.6 Å². The van der Waals surface area contributed by atoms with Crippen molar-refractivity contribution in [2.24, 2.45) is 0 Å². The Labute approximate surface area is 74.4 Å². The molecule has 0 spiro atoms. The van der Waals surface area contributed by atoms with E-state index in [1.54, 1.807) is 0 Å². The molecule has 0 fully saturated rings. The summed E-state index contributed by atoms with van der Waals surface area (Å²) in [4.78, 5) is 24.5. The molecule has 12 heavy (non-hydrogen) atoms. The number of Topliss-reactive ketones (excluding diaryl/α,β-unsaturated/α-hetero) is 1. The van der Waals surface area contributed by atoms with E-state index in [2.05, 4.69) is 4.98 Å². The van der Waals surface area contributed by atoms with Crippen LogP contribution >= 0.6 is 11.6 Å². The fourth-order valence-electron chi connectivity index (χ4n) is 0.862.